The normalized spacial score (nSPS) is 19.2. The largest absolute Gasteiger partial charge is 0.342 e. The first kappa shape index (κ1) is 20.2. The van der Waals surface area contributed by atoms with Gasteiger partial charge in [0.25, 0.3) is 0 Å². The van der Waals surface area contributed by atoms with Gasteiger partial charge in [-0.1, -0.05) is 0 Å². The van der Waals surface area contributed by atoms with Crippen LogP contribution in [0.25, 0.3) is 11.3 Å². The van der Waals surface area contributed by atoms with Gasteiger partial charge in [-0.05, 0) is 54.1 Å². The summed E-state index contributed by atoms with van der Waals surface area (Å²) in [6, 6.07) is 4.01. The lowest BCUT2D eigenvalue weighted by atomic mass is 9.91. The molecule has 2 saturated heterocycles. The molecule has 7 nitrogen and oxygen atoms in total. The highest BCUT2D eigenvalue weighted by molar-refractivity contribution is 7.08. The molecule has 0 aliphatic carbocycles. The summed E-state index contributed by atoms with van der Waals surface area (Å²) >= 11 is 1.64. The third kappa shape index (κ3) is 4.35. The number of thiophene rings is 1. The molecule has 3 aromatic heterocycles. The Morgan fingerprint density at radius 2 is 2.06 bits per heavy atom. The zero-order valence-electron chi connectivity index (χ0n) is 17.9. The first-order valence-corrected chi connectivity index (χ1v) is 12.0. The van der Waals surface area contributed by atoms with Gasteiger partial charge in [-0.3, -0.25) is 9.48 Å². The number of carbonyl (C=O) groups is 1. The van der Waals surface area contributed by atoms with Gasteiger partial charge in [0, 0.05) is 57.1 Å². The van der Waals surface area contributed by atoms with E-state index >= 15 is 0 Å². The van der Waals surface area contributed by atoms with Crippen LogP contribution >= 0.6 is 11.3 Å². The number of aryl methyl sites for hydroxylation is 1. The van der Waals surface area contributed by atoms with Crippen molar-refractivity contribution < 1.29 is 4.79 Å². The zero-order valence-corrected chi connectivity index (χ0v) is 18.7. The van der Waals surface area contributed by atoms with E-state index in [2.05, 4.69) is 21.5 Å². The summed E-state index contributed by atoms with van der Waals surface area (Å²) in [5.74, 6) is 1.24. The lowest BCUT2D eigenvalue weighted by Gasteiger charge is -2.32. The lowest BCUT2D eigenvalue weighted by Crippen LogP contribution is -2.40. The third-order valence-electron chi connectivity index (χ3n) is 6.26. The van der Waals surface area contributed by atoms with Crippen LogP contribution in [0.1, 0.15) is 42.9 Å². The van der Waals surface area contributed by atoms with Crippen molar-refractivity contribution in [3.63, 3.8) is 0 Å². The van der Waals surface area contributed by atoms with Crippen LogP contribution < -0.4 is 4.90 Å². The van der Waals surface area contributed by atoms with Gasteiger partial charge in [0.15, 0.2) is 0 Å². The molecule has 0 saturated carbocycles. The highest BCUT2D eigenvalue weighted by Gasteiger charge is 2.29. The maximum atomic E-state index is 12.9. The van der Waals surface area contributed by atoms with Crippen molar-refractivity contribution >= 4 is 23.2 Å². The Hall–Kier alpha value is -2.74. The molecule has 0 bridgehead atoms. The minimum Gasteiger partial charge on any atom is -0.342 e. The Bertz CT molecular complexity index is 1040. The molecule has 8 heteroatoms. The second-order valence-corrected chi connectivity index (χ2v) is 9.31. The van der Waals surface area contributed by atoms with Crippen molar-refractivity contribution in [1.29, 1.82) is 0 Å². The van der Waals surface area contributed by atoms with Crippen LogP contribution in [-0.4, -0.2) is 56.7 Å². The molecular weight excluding hydrogens is 408 g/mol. The molecule has 0 unspecified atom stereocenters. The van der Waals surface area contributed by atoms with Gasteiger partial charge in [-0.25, -0.2) is 9.97 Å². The van der Waals surface area contributed by atoms with E-state index in [9.17, 15) is 4.79 Å². The average Bonchev–Trinajstić information content (AvgIpc) is 3.56. The molecule has 5 heterocycles. The summed E-state index contributed by atoms with van der Waals surface area (Å²) in [7, 11) is 1.96. The Morgan fingerprint density at radius 1 is 1.19 bits per heavy atom. The van der Waals surface area contributed by atoms with Crippen LogP contribution in [-0.2, 0) is 18.3 Å². The van der Waals surface area contributed by atoms with E-state index < -0.39 is 0 Å². The fourth-order valence-corrected chi connectivity index (χ4v) is 5.35. The van der Waals surface area contributed by atoms with Gasteiger partial charge in [-0.2, -0.15) is 16.4 Å². The second kappa shape index (κ2) is 8.78. The van der Waals surface area contributed by atoms with Gasteiger partial charge in [0.05, 0.1) is 17.8 Å². The van der Waals surface area contributed by atoms with E-state index in [1.54, 1.807) is 11.3 Å². The molecule has 31 heavy (non-hydrogen) atoms. The maximum Gasteiger partial charge on any atom is 0.227 e. The number of aromatic nitrogens is 4. The Balaban J connectivity index is 1.37. The number of hydrogen-bond acceptors (Lipinski definition) is 6. The highest BCUT2D eigenvalue weighted by Crippen LogP contribution is 2.33. The Morgan fingerprint density at radius 3 is 2.87 bits per heavy atom. The summed E-state index contributed by atoms with van der Waals surface area (Å²) in [4.78, 5) is 26.5. The number of piperidine rings is 1. The van der Waals surface area contributed by atoms with E-state index in [0.717, 1.165) is 67.5 Å². The molecular formula is C23H28N6OS. The molecule has 2 aliphatic heterocycles. The number of nitrogens with zero attached hydrogens (tertiary/aromatic N) is 6. The fraction of sp³-hybridized carbons (Fsp3) is 0.478. The molecule has 0 aromatic carbocycles. The Labute approximate surface area is 186 Å². The molecule has 0 N–H and O–H groups in total. The smallest absolute Gasteiger partial charge is 0.227 e. The maximum absolute atomic E-state index is 12.9. The predicted molar refractivity (Wildman–Crippen MR) is 122 cm³/mol. The SMILES string of the molecule is Cn1cc(-c2ccnc(N3CCCC3)n2)c([C@@H]2CCCN(C(=O)Cc3ccsc3)C2)n1. The number of hydrogen-bond donors (Lipinski definition) is 0. The van der Waals surface area contributed by atoms with E-state index in [1.165, 1.54) is 12.8 Å². The quantitative estimate of drug-likeness (QED) is 0.613. The lowest BCUT2D eigenvalue weighted by molar-refractivity contribution is -0.131. The summed E-state index contributed by atoms with van der Waals surface area (Å²) in [6.07, 6.45) is 8.82. The third-order valence-corrected chi connectivity index (χ3v) is 6.99. The van der Waals surface area contributed by atoms with Gasteiger partial charge in [-0.15, -0.1) is 0 Å². The molecule has 162 valence electrons. The van der Waals surface area contributed by atoms with Crippen LogP contribution in [0.3, 0.4) is 0 Å². The molecule has 0 spiro atoms. The van der Waals surface area contributed by atoms with Crippen molar-refractivity contribution in [3.8, 4) is 11.3 Å². The minimum atomic E-state index is 0.207. The van der Waals surface area contributed by atoms with E-state index in [1.807, 2.05) is 40.3 Å². The number of rotatable bonds is 5. The predicted octanol–water partition coefficient (Wildman–Crippen LogP) is 3.49. The van der Waals surface area contributed by atoms with Crippen LogP contribution in [0.4, 0.5) is 5.95 Å². The van der Waals surface area contributed by atoms with E-state index in [4.69, 9.17) is 10.1 Å². The number of carbonyl (C=O) groups excluding carboxylic acids is 1. The number of anilines is 1. The van der Waals surface area contributed by atoms with Crippen LogP contribution in [0.2, 0.25) is 0 Å². The standard InChI is InChI=1S/C23H28N6OS/c1-27-15-19(20-6-8-24-23(25-20)28-9-2-3-10-28)22(26-27)18-5-4-11-29(14-18)21(30)13-17-7-12-31-16-17/h6-8,12,15-16,18H,2-5,9-11,13-14H2,1H3/t18-/m1/s1. The first-order valence-electron chi connectivity index (χ1n) is 11.1. The number of amides is 1. The van der Waals surface area contributed by atoms with Crippen LogP contribution in [0, 0.1) is 0 Å². The summed E-state index contributed by atoms with van der Waals surface area (Å²) in [5, 5.41) is 8.90. The number of likely N-dealkylation sites (tertiary alicyclic amines) is 1. The minimum absolute atomic E-state index is 0.207. The zero-order chi connectivity index (χ0) is 21.2. The molecule has 1 amide bonds. The molecule has 2 fully saturated rings. The van der Waals surface area contributed by atoms with E-state index in [0.29, 0.717) is 6.42 Å². The van der Waals surface area contributed by atoms with Gasteiger partial charge < -0.3 is 9.80 Å². The summed E-state index contributed by atoms with van der Waals surface area (Å²) in [5.41, 5.74) is 4.12. The molecule has 1 atom stereocenters. The van der Waals surface area contributed by atoms with Crippen LogP contribution in [0.15, 0.2) is 35.3 Å². The fourth-order valence-electron chi connectivity index (χ4n) is 4.68. The Kier molecular flexibility index (Phi) is 5.72. The van der Waals surface area contributed by atoms with Crippen molar-refractivity contribution in [2.24, 2.45) is 7.05 Å². The van der Waals surface area contributed by atoms with Crippen molar-refractivity contribution in [2.45, 2.75) is 38.0 Å². The first-order chi connectivity index (χ1) is 15.2. The van der Waals surface area contributed by atoms with Crippen molar-refractivity contribution in [2.75, 3.05) is 31.1 Å². The molecule has 0 radical (unpaired) electrons. The average molecular weight is 437 g/mol. The van der Waals surface area contributed by atoms with Gasteiger partial charge in [0.1, 0.15) is 0 Å². The van der Waals surface area contributed by atoms with Crippen LogP contribution in [0.5, 0.6) is 0 Å². The summed E-state index contributed by atoms with van der Waals surface area (Å²) < 4.78 is 1.87. The highest BCUT2D eigenvalue weighted by atomic mass is 32.1. The molecule has 2 aliphatic rings. The molecule has 3 aromatic rings. The monoisotopic (exact) mass is 436 g/mol. The second-order valence-electron chi connectivity index (χ2n) is 8.53. The van der Waals surface area contributed by atoms with Gasteiger partial charge >= 0.3 is 0 Å². The van der Waals surface area contributed by atoms with Crippen molar-refractivity contribution in [1.82, 2.24) is 24.6 Å². The van der Waals surface area contributed by atoms with Crippen molar-refractivity contribution in [3.05, 3.63) is 46.5 Å². The molecule has 5 rings (SSSR count). The summed E-state index contributed by atoms with van der Waals surface area (Å²) in [6.45, 7) is 3.59. The van der Waals surface area contributed by atoms with E-state index in [-0.39, 0.29) is 11.8 Å². The van der Waals surface area contributed by atoms with Gasteiger partial charge in [0.2, 0.25) is 11.9 Å². The topological polar surface area (TPSA) is 67.2 Å².